The minimum atomic E-state index is -1.68. The van der Waals surface area contributed by atoms with Crippen molar-refractivity contribution in [2.45, 2.75) is 81.8 Å². The smallest absolute Gasteiger partial charge is 0.124 e. The molecular weight excluding hydrogens is 374 g/mol. The van der Waals surface area contributed by atoms with Crippen LogP contribution in [0.4, 0.5) is 0 Å². The van der Waals surface area contributed by atoms with E-state index in [1.54, 1.807) is 5.56 Å². The second-order valence-electron chi connectivity index (χ2n) is 11.7. The normalized spacial score (nSPS) is 32.0. The maximum atomic E-state index is 4.14. The highest BCUT2D eigenvalue weighted by Gasteiger charge is 2.59. The van der Waals surface area contributed by atoms with Gasteiger partial charge >= 0.3 is 0 Å². The van der Waals surface area contributed by atoms with Crippen LogP contribution < -0.4 is 4.98 Å². The molecule has 3 aliphatic rings. The summed E-state index contributed by atoms with van der Waals surface area (Å²) in [7, 11) is -1.68. The highest BCUT2D eigenvalue weighted by atomic mass is 32.2. The summed E-state index contributed by atoms with van der Waals surface area (Å²) >= 11 is 2.17. The average molecular weight is 412 g/mol. The second kappa shape index (κ2) is 6.62. The molecule has 5 unspecified atom stereocenters. The van der Waals surface area contributed by atoms with E-state index in [0.717, 1.165) is 5.54 Å². The van der Waals surface area contributed by atoms with Gasteiger partial charge in [-0.25, -0.2) is 0 Å². The van der Waals surface area contributed by atoms with Crippen molar-refractivity contribution in [1.82, 2.24) is 4.98 Å². The van der Waals surface area contributed by atoms with Gasteiger partial charge in [0.15, 0.2) is 0 Å². The Hall–Kier alpha value is -0.773. The molecule has 1 nitrogen and oxygen atoms in total. The molecule has 0 saturated heterocycles. The number of allylic oxidation sites excluding steroid dienone is 4. The molecule has 0 radical (unpaired) electrons. The predicted molar refractivity (Wildman–Crippen MR) is 127 cm³/mol. The van der Waals surface area contributed by atoms with Crippen LogP contribution in [0.1, 0.15) is 53.0 Å². The molecule has 1 heterocycles. The Morgan fingerprint density at radius 3 is 2.29 bits per heavy atom. The Morgan fingerprint density at radius 2 is 1.64 bits per heavy atom. The van der Waals surface area contributed by atoms with Gasteiger partial charge in [-0.2, -0.15) is 0 Å². The SMILES string of the molecule is CC(C)(C)N[Si](C)(C)C1C2C=C(C(C)(C)C)C=CC2C2c3ccccc3SC21. The first-order chi connectivity index (χ1) is 12.9. The molecule has 0 aromatic heterocycles. The fourth-order valence-corrected chi connectivity index (χ4v) is 13.3. The van der Waals surface area contributed by atoms with E-state index in [4.69, 9.17) is 0 Å². The fourth-order valence-electron chi connectivity index (χ4n) is 6.06. The summed E-state index contributed by atoms with van der Waals surface area (Å²) in [5.74, 6) is 1.97. The van der Waals surface area contributed by atoms with Crippen LogP contribution in [-0.2, 0) is 0 Å². The summed E-state index contributed by atoms with van der Waals surface area (Å²) in [5, 5.41) is 0.698. The summed E-state index contributed by atoms with van der Waals surface area (Å²) in [6, 6.07) is 9.20. The zero-order valence-electron chi connectivity index (χ0n) is 18.8. The van der Waals surface area contributed by atoms with Gasteiger partial charge in [-0.05, 0) is 60.8 Å². The van der Waals surface area contributed by atoms with E-state index < -0.39 is 8.24 Å². The highest BCUT2D eigenvalue weighted by Crippen LogP contribution is 2.66. The van der Waals surface area contributed by atoms with E-state index in [2.05, 4.69) is 114 Å². The first-order valence-electron chi connectivity index (χ1n) is 10.8. The molecule has 0 amide bonds. The van der Waals surface area contributed by atoms with Crippen LogP contribution >= 0.6 is 11.8 Å². The number of rotatable bonds is 2. The molecule has 4 rings (SSSR count). The first-order valence-corrected chi connectivity index (χ1v) is 14.8. The summed E-state index contributed by atoms with van der Waals surface area (Å²) in [6.07, 6.45) is 7.70. The fraction of sp³-hybridized carbons (Fsp3) is 0.600. The number of benzene rings is 1. The molecule has 152 valence electrons. The predicted octanol–water partition coefficient (Wildman–Crippen LogP) is 7.00. The quantitative estimate of drug-likeness (QED) is 0.526. The van der Waals surface area contributed by atoms with E-state index in [1.807, 2.05) is 0 Å². The topological polar surface area (TPSA) is 12.0 Å². The van der Waals surface area contributed by atoms with Crippen LogP contribution in [0.25, 0.3) is 0 Å². The molecule has 1 aromatic rings. The molecule has 0 bridgehead atoms. The van der Waals surface area contributed by atoms with Crippen LogP contribution in [0, 0.1) is 17.3 Å². The number of thioether (sulfide) groups is 1. The van der Waals surface area contributed by atoms with Crippen molar-refractivity contribution < 1.29 is 0 Å². The third kappa shape index (κ3) is 3.48. The van der Waals surface area contributed by atoms with E-state index in [1.165, 1.54) is 10.5 Å². The van der Waals surface area contributed by atoms with Crippen molar-refractivity contribution in [3.63, 3.8) is 0 Å². The Labute approximate surface area is 177 Å². The van der Waals surface area contributed by atoms with Crippen molar-refractivity contribution in [2.24, 2.45) is 17.3 Å². The van der Waals surface area contributed by atoms with Gasteiger partial charge in [0, 0.05) is 21.6 Å². The zero-order valence-corrected chi connectivity index (χ0v) is 20.7. The molecule has 3 heteroatoms. The summed E-state index contributed by atoms with van der Waals surface area (Å²) in [5.41, 5.74) is 4.25. The van der Waals surface area contributed by atoms with Gasteiger partial charge in [0.05, 0.1) is 0 Å². The molecule has 1 aliphatic heterocycles. The Kier molecular flexibility index (Phi) is 4.84. The van der Waals surface area contributed by atoms with E-state index in [0.29, 0.717) is 23.0 Å². The Bertz CT molecular complexity index is 824. The monoisotopic (exact) mass is 411 g/mol. The molecule has 2 aliphatic carbocycles. The number of hydrogen-bond donors (Lipinski definition) is 1. The third-order valence-electron chi connectivity index (χ3n) is 6.79. The molecule has 1 saturated carbocycles. The number of hydrogen-bond acceptors (Lipinski definition) is 2. The van der Waals surface area contributed by atoms with Gasteiger partial charge in [0.2, 0.25) is 0 Å². The maximum Gasteiger partial charge on any atom is 0.124 e. The molecule has 1 fully saturated rings. The summed E-state index contributed by atoms with van der Waals surface area (Å²) in [6.45, 7) is 19.2. The van der Waals surface area contributed by atoms with Gasteiger partial charge in [0.25, 0.3) is 0 Å². The van der Waals surface area contributed by atoms with Gasteiger partial charge in [-0.1, -0.05) is 70.3 Å². The Morgan fingerprint density at radius 1 is 0.964 bits per heavy atom. The number of fused-ring (bicyclic) bond motifs is 5. The van der Waals surface area contributed by atoms with Crippen LogP contribution in [-0.4, -0.2) is 19.0 Å². The van der Waals surface area contributed by atoms with Gasteiger partial charge in [-0.3, -0.25) is 0 Å². The summed E-state index contributed by atoms with van der Waals surface area (Å²) < 4.78 is 0. The van der Waals surface area contributed by atoms with E-state index in [-0.39, 0.29) is 11.0 Å². The van der Waals surface area contributed by atoms with E-state index in [9.17, 15) is 0 Å². The van der Waals surface area contributed by atoms with Gasteiger partial charge < -0.3 is 4.98 Å². The zero-order chi connectivity index (χ0) is 20.5. The minimum absolute atomic E-state index is 0.167. The Balaban J connectivity index is 1.80. The van der Waals surface area contributed by atoms with Crippen molar-refractivity contribution in [3.05, 3.63) is 53.6 Å². The largest absolute Gasteiger partial charge is 0.332 e. The second-order valence-corrected chi connectivity index (χ2v) is 17.2. The molecule has 1 aromatic carbocycles. The minimum Gasteiger partial charge on any atom is -0.332 e. The van der Waals surface area contributed by atoms with Gasteiger partial charge in [0.1, 0.15) is 8.24 Å². The van der Waals surface area contributed by atoms with Crippen LogP contribution in [0.15, 0.2) is 53.0 Å². The van der Waals surface area contributed by atoms with Crippen LogP contribution in [0.2, 0.25) is 18.6 Å². The standard InChI is InChI=1S/C25H37NSSi/c1-24(2,3)16-13-14-17-19(15-16)23(28(7,8)26-25(4,5)6)22-21(17)18-11-9-10-12-20(18)27-22/h9-15,17,19,21-23,26H,1-8H3. The van der Waals surface area contributed by atoms with Crippen molar-refractivity contribution in [1.29, 1.82) is 0 Å². The average Bonchev–Trinajstić information content (AvgIpc) is 3.04. The maximum absolute atomic E-state index is 4.14. The lowest BCUT2D eigenvalue weighted by atomic mass is 9.76. The molecular formula is C25H37NSSi. The van der Waals surface area contributed by atoms with Crippen molar-refractivity contribution in [2.75, 3.05) is 0 Å². The molecule has 5 atom stereocenters. The highest BCUT2D eigenvalue weighted by molar-refractivity contribution is 8.00. The van der Waals surface area contributed by atoms with Crippen molar-refractivity contribution >= 4 is 20.0 Å². The van der Waals surface area contributed by atoms with Gasteiger partial charge in [-0.15, -0.1) is 11.8 Å². The van der Waals surface area contributed by atoms with E-state index >= 15 is 0 Å². The number of nitrogens with one attached hydrogen (secondary N) is 1. The third-order valence-corrected chi connectivity index (χ3v) is 12.3. The first kappa shape index (κ1) is 20.5. The molecule has 28 heavy (non-hydrogen) atoms. The van der Waals surface area contributed by atoms with Crippen molar-refractivity contribution in [3.8, 4) is 0 Å². The lowest BCUT2D eigenvalue weighted by molar-refractivity contribution is 0.454. The summed E-state index contributed by atoms with van der Waals surface area (Å²) in [4.78, 5) is 5.66. The van der Waals surface area contributed by atoms with Crippen LogP contribution in [0.5, 0.6) is 0 Å². The molecule has 0 spiro atoms. The lowest BCUT2D eigenvalue weighted by Crippen LogP contribution is -2.59. The molecule has 1 N–H and O–H groups in total. The van der Waals surface area contributed by atoms with Crippen LogP contribution in [0.3, 0.4) is 0 Å². The lowest BCUT2D eigenvalue weighted by Gasteiger charge is -2.43.